The Balaban J connectivity index is 0.000000948. The molecular weight excluding hydrogens is 312 g/mol. The van der Waals surface area contributed by atoms with E-state index in [1.807, 2.05) is 13.8 Å². The van der Waals surface area contributed by atoms with Gasteiger partial charge in [-0.2, -0.15) is 0 Å². The van der Waals surface area contributed by atoms with Gasteiger partial charge in [-0.3, -0.25) is 0 Å². The van der Waals surface area contributed by atoms with E-state index in [9.17, 15) is 0 Å². The number of hydrogen-bond acceptors (Lipinski definition) is 0. The third kappa shape index (κ3) is 4.21. The Kier molecular flexibility index (Phi) is 6.22. The van der Waals surface area contributed by atoms with Gasteiger partial charge in [-0.15, -0.1) is 0 Å². The molecule has 0 nitrogen and oxygen atoms in total. The lowest BCUT2D eigenvalue weighted by atomic mass is 9.91. The average molecular weight is 338 g/mol. The number of allylic oxidation sites excluding steroid dienone is 4. The fourth-order valence-corrected chi connectivity index (χ4v) is 3.22. The quantitative estimate of drug-likeness (QED) is 0.457. The highest BCUT2D eigenvalue weighted by atomic mass is 14.1. The molecule has 4 rings (SSSR count). The first-order chi connectivity index (χ1) is 12.9. The Morgan fingerprint density at radius 2 is 1.04 bits per heavy atom. The summed E-state index contributed by atoms with van der Waals surface area (Å²) >= 11 is 0. The summed E-state index contributed by atoms with van der Waals surface area (Å²) in [5.74, 6) is 0. The van der Waals surface area contributed by atoms with E-state index >= 15 is 0 Å². The van der Waals surface area contributed by atoms with Gasteiger partial charge in [0.2, 0.25) is 0 Å². The van der Waals surface area contributed by atoms with E-state index in [4.69, 9.17) is 0 Å². The topological polar surface area (TPSA) is 0 Å². The molecule has 1 aliphatic carbocycles. The van der Waals surface area contributed by atoms with Crippen LogP contribution in [-0.2, 0) is 0 Å². The minimum absolute atomic E-state index is 1.13. The zero-order valence-corrected chi connectivity index (χ0v) is 15.7. The molecule has 0 amide bonds. The maximum atomic E-state index is 2.35. The number of rotatable bonds is 3. The van der Waals surface area contributed by atoms with E-state index in [0.717, 1.165) is 12.8 Å². The molecule has 0 fully saturated rings. The highest BCUT2D eigenvalue weighted by molar-refractivity contribution is 5.83. The molecule has 0 aliphatic heterocycles. The molecule has 0 aromatic heterocycles. The van der Waals surface area contributed by atoms with Crippen LogP contribution in [0.3, 0.4) is 0 Å². The van der Waals surface area contributed by atoms with Gasteiger partial charge < -0.3 is 0 Å². The molecule has 0 radical (unpaired) electrons. The fourth-order valence-electron chi connectivity index (χ4n) is 3.22. The van der Waals surface area contributed by atoms with Crippen molar-refractivity contribution in [2.75, 3.05) is 0 Å². The summed E-state index contributed by atoms with van der Waals surface area (Å²) in [6.45, 7) is 4.00. The summed E-state index contributed by atoms with van der Waals surface area (Å²) in [6, 6.07) is 28.2. The molecule has 0 atom stereocenters. The molecule has 0 saturated carbocycles. The van der Waals surface area contributed by atoms with Gasteiger partial charge in [0.1, 0.15) is 0 Å². The first-order valence-electron chi connectivity index (χ1n) is 9.53. The Morgan fingerprint density at radius 3 is 1.50 bits per heavy atom. The summed E-state index contributed by atoms with van der Waals surface area (Å²) in [6.07, 6.45) is 9.14. The Bertz CT molecular complexity index is 826. The van der Waals surface area contributed by atoms with E-state index in [1.54, 1.807) is 0 Å². The monoisotopic (exact) mass is 338 g/mol. The third-order valence-electron chi connectivity index (χ3n) is 4.48. The van der Waals surface area contributed by atoms with Crippen molar-refractivity contribution in [2.24, 2.45) is 0 Å². The van der Waals surface area contributed by atoms with Gasteiger partial charge in [0.25, 0.3) is 0 Å². The van der Waals surface area contributed by atoms with Crippen molar-refractivity contribution in [3.8, 4) is 22.3 Å². The van der Waals surface area contributed by atoms with E-state index in [0.29, 0.717) is 0 Å². The molecular formula is C26H26. The van der Waals surface area contributed by atoms with Crippen molar-refractivity contribution in [1.82, 2.24) is 0 Å². The van der Waals surface area contributed by atoms with E-state index < -0.39 is 0 Å². The third-order valence-corrected chi connectivity index (χ3v) is 4.48. The smallest absolute Gasteiger partial charge is 0.0172 e. The second kappa shape index (κ2) is 9.01. The molecule has 130 valence electrons. The largest absolute Gasteiger partial charge is 0.0836 e. The van der Waals surface area contributed by atoms with Gasteiger partial charge in [-0.1, -0.05) is 92.7 Å². The van der Waals surface area contributed by atoms with Crippen LogP contribution in [0.5, 0.6) is 0 Å². The first kappa shape index (κ1) is 17.9. The van der Waals surface area contributed by atoms with Crippen LogP contribution in [0.4, 0.5) is 0 Å². The zero-order chi connectivity index (χ0) is 18.2. The second-order valence-corrected chi connectivity index (χ2v) is 6.17. The molecule has 0 bridgehead atoms. The van der Waals surface area contributed by atoms with Crippen LogP contribution in [0, 0.1) is 0 Å². The SMILES string of the molecule is C1=CC(c2cc(-c3ccccc3)cc(-c3ccccc3)c2)=CCC1.CC. The Labute approximate surface area is 157 Å². The van der Waals surface area contributed by atoms with Crippen molar-refractivity contribution in [3.05, 3.63) is 103 Å². The predicted octanol–water partition coefficient (Wildman–Crippen LogP) is 7.78. The minimum atomic E-state index is 1.13. The summed E-state index contributed by atoms with van der Waals surface area (Å²) in [7, 11) is 0. The van der Waals surface area contributed by atoms with Crippen LogP contribution in [0.25, 0.3) is 27.8 Å². The van der Waals surface area contributed by atoms with E-state index in [2.05, 4.69) is 97.1 Å². The van der Waals surface area contributed by atoms with Crippen LogP contribution in [0.2, 0.25) is 0 Å². The zero-order valence-electron chi connectivity index (χ0n) is 15.7. The molecule has 0 unspecified atom stereocenters. The normalized spacial score (nSPS) is 12.8. The van der Waals surface area contributed by atoms with Crippen LogP contribution in [0.15, 0.2) is 97.1 Å². The van der Waals surface area contributed by atoms with Crippen LogP contribution < -0.4 is 0 Å². The van der Waals surface area contributed by atoms with Gasteiger partial charge in [-0.25, -0.2) is 0 Å². The van der Waals surface area contributed by atoms with Gasteiger partial charge in [0.15, 0.2) is 0 Å². The Hall–Kier alpha value is -2.86. The van der Waals surface area contributed by atoms with Crippen LogP contribution in [-0.4, -0.2) is 0 Å². The average Bonchev–Trinajstić information content (AvgIpc) is 2.77. The van der Waals surface area contributed by atoms with Crippen molar-refractivity contribution in [3.63, 3.8) is 0 Å². The van der Waals surface area contributed by atoms with Crippen LogP contribution in [0.1, 0.15) is 32.3 Å². The second-order valence-electron chi connectivity index (χ2n) is 6.17. The maximum absolute atomic E-state index is 2.35. The molecule has 3 aromatic rings. The maximum Gasteiger partial charge on any atom is -0.0172 e. The predicted molar refractivity (Wildman–Crippen MR) is 115 cm³/mol. The Morgan fingerprint density at radius 1 is 0.538 bits per heavy atom. The van der Waals surface area contributed by atoms with Crippen LogP contribution >= 0.6 is 0 Å². The van der Waals surface area contributed by atoms with Gasteiger partial charge in [0.05, 0.1) is 0 Å². The molecule has 26 heavy (non-hydrogen) atoms. The van der Waals surface area contributed by atoms with Gasteiger partial charge in [0, 0.05) is 0 Å². The van der Waals surface area contributed by atoms with E-state index in [1.165, 1.54) is 33.4 Å². The van der Waals surface area contributed by atoms with Crippen molar-refractivity contribution in [2.45, 2.75) is 26.7 Å². The number of benzene rings is 3. The summed E-state index contributed by atoms with van der Waals surface area (Å²) in [5.41, 5.74) is 7.69. The van der Waals surface area contributed by atoms with Crippen molar-refractivity contribution in [1.29, 1.82) is 0 Å². The highest BCUT2D eigenvalue weighted by Crippen LogP contribution is 2.32. The lowest BCUT2D eigenvalue weighted by molar-refractivity contribution is 1.04. The summed E-state index contributed by atoms with van der Waals surface area (Å²) in [5, 5.41) is 0. The standard InChI is InChI=1S/C24H20.C2H6/c1-4-10-19(11-5-1)22-16-23(20-12-6-2-7-13-20)18-24(17-22)21-14-8-3-9-15-21;1-2/h1-2,4-8,10-18H,3,9H2;1-2H3. The van der Waals surface area contributed by atoms with Crippen molar-refractivity contribution < 1.29 is 0 Å². The molecule has 1 aliphatic rings. The molecule has 0 saturated heterocycles. The minimum Gasteiger partial charge on any atom is -0.0836 e. The molecule has 0 heterocycles. The lowest BCUT2D eigenvalue weighted by Gasteiger charge is -2.13. The number of hydrogen-bond donors (Lipinski definition) is 0. The fraction of sp³-hybridized carbons (Fsp3) is 0.154. The molecule has 0 spiro atoms. The highest BCUT2D eigenvalue weighted by Gasteiger charge is 2.08. The van der Waals surface area contributed by atoms with Crippen molar-refractivity contribution >= 4 is 5.57 Å². The molecule has 0 heteroatoms. The van der Waals surface area contributed by atoms with Gasteiger partial charge in [-0.05, 0) is 64.4 Å². The van der Waals surface area contributed by atoms with Gasteiger partial charge >= 0.3 is 0 Å². The molecule has 0 N–H and O–H groups in total. The summed E-state index contributed by atoms with van der Waals surface area (Å²) < 4.78 is 0. The van der Waals surface area contributed by atoms with E-state index in [-0.39, 0.29) is 0 Å². The first-order valence-corrected chi connectivity index (χ1v) is 9.53. The molecule has 3 aromatic carbocycles. The summed E-state index contributed by atoms with van der Waals surface area (Å²) in [4.78, 5) is 0. The lowest BCUT2D eigenvalue weighted by Crippen LogP contribution is -1.90.